The molecule has 0 saturated heterocycles. The fourth-order valence-corrected chi connectivity index (χ4v) is 2.76. The summed E-state index contributed by atoms with van der Waals surface area (Å²) < 4.78 is 0. The molecule has 0 aliphatic heterocycles. The van der Waals surface area contributed by atoms with E-state index in [1.54, 1.807) is 0 Å². The summed E-state index contributed by atoms with van der Waals surface area (Å²) in [6, 6.07) is 12.0. The Bertz CT molecular complexity index is 455. The Hall–Kier alpha value is -0.820. The molecular formula is C18H31IN4. The van der Waals surface area contributed by atoms with Crippen LogP contribution in [0.2, 0.25) is 0 Å². The lowest BCUT2D eigenvalue weighted by atomic mass is 10.1. The van der Waals surface area contributed by atoms with Gasteiger partial charge < -0.3 is 10.6 Å². The highest BCUT2D eigenvalue weighted by molar-refractivity contribution is 14.0. The molecule has 0 atom stereocenters. The van der Waals surface area contributed by atoms with E-state index < -0.39 is 0 Å². The van der Waals surface area contributed by atoms with Crippen LogP contribution < -0.4 is 10.6 Å². The SMILES string of the molecule is CN=C(NCCc1ccccc1)NCCN(C(C)C)C1CC1.I. The normalized spacial score (nSPS) is 14.7. The molecule has 4 nitrogen and oxygen atoms in total. The van der Waals surface area contributed by atoms with Crippen molar-refractivity contribution < 1.29 is 0 Å². The summed E-state index contributed by atoms with van der Waals surface area (Å²) in [4.78, 5) is 6.88. The van der Waals surface area contributed by atoms with E-state index in [0.29, 0.717) is 6.04 Å². The molecule has 2 rings (SSSR count). The molecule has 130 valence electrons. The maximum absolute atomic E-state index is 4.30. The predicted octanol–water partition coefficient (Wildman–Crippen LogP) is 2.88. The molecule has 5 heteroatoms. The largest absolute Gasteiger partial charge is 0.356 e. The van der Waals surface area contributed by atoms with Gasteiger partial charge in [0.1, 0.15) is 0 Å². The summed E-state index contributed by atoms with van der Waals surface area (Å²) >= 11 is 0. The number of benzene rings is 1. The van der Waals surface area contributed by atoms with Gasteiger partial charge in [-0.1, -0.05) is 30.3 Å². The first-order valence-corrected chi connectivity index (χ1v) is 8.45. The van der Waals surface area contributed by atoms with Crippen molar-refractivity contribution in [3.8, 4) is 0 Å². The van der Waals surface area contributed by atoms with Crippen molar-refractivity contribution in [3.63, 3.8) is 0 Å². The molecule has 1 aromatic rings. The highest BCUT2D eigenvalue weighted by Crippen LogP contribution is 2.27. The summed E-state index contributed by atoms with van der Waals surface area (Å²) in [6.07, 6.45) is 3.74. The number of nitrogens with one attached hydrogen (secondary N) is 2. The maximum atomic E-state index is 4.30. The van der Waals surface area contributed by atoms with Crippen molar-refractivity contribution in [2.45, 2.75) is 45.2 Å². The van der Waals surface area contributed by atoms with Crippen molar-refractivity contribution >= 4 is 29.9 Å². The number of hydrogen-bond donors (Lipinski definition) is 2. The van der Waals surface area contributed by atoms with Gasteiger partial charge in [-0.25, -0.2) is 0 Å². The van der Waals surface area contributed by atoms with Crippen LogP contribution in [0.5, 0.6) is 0 Å². The van der Waals surface area contributed by atoms with Crippen LogP contribution in [0.4, 0.5) is 0 Å². The fourth-order valence-electron chi connectivity index (χ4n) is 2.76. The minimum Gasteiger partial charge on any atom is -0.356 e. The summed E-state index contributed by atoms with van der Waals surface area (Å²) in [5.41, 5.74) is 1.35. The molecular weight excluding hydrogens is 399 g/mol. The molecule has 1 aromatic carbocycles. The molecule has 1 aliphatic carbocycles. The van der Waals surface area contributed by atoms with Crippen LogP contribution in [-0.4, -0.2) is 49.6 Å². The molecule has 0 unspecified atom stereocenters. The van der Waals surface area contributed by atoms with Crippen molar-refractivity contribution in [3.05, 3.63) is 35.9 Å². The molecule has 1 aliphatic rings. The van der Waals surface area contributed by atoms with Crippen molar-refractivity contribution in [2.75, 3.05) is 26.7 Å². The molecule has 23 heavy (non-hydrogen) atoms. The Morgan fingerprint density at radius 3 is 2.39 bits per heavy atom. The van der Waals surface area contributed by atoms with E-state index in [1.807, 2.05) is 7.05 Å². The van der Waals surface area contributed by atoms with E-state index >= 15 is 0 Å². The van der Waals surface area contributed by atoms with Crippen LogP contribution in [0.15, 0.2) is 35.3 Å². The van der Waals surface area contributed by atoms with Gasteiger partial charge in [-0.3, -0.25) is 9.89 Å². The van der Waals surface area contributed by atoms with Gasteiger partial charge in [-0.15, -0.1) is 24.0 Å². The molecule has 0 aromatic heterocycles. The van der Waals surface area contributed by atoms with Gasteiger partial charge in [-0.05, 0) is 38.7 Å². The van der Waals surface area contributed by atoms with E-state index in [9.17, 15) is 0 Å². The van der Waals surface area contributed by atoms with Crippen LogP contribution >= 0.6 is 24.0 Å². The Kier molecular flexibility index (Phi) is 9.55. The Morgan fingerprint density at radius 1 is 1.17 bits per heavy atom. The average molecular weight is 430 g/mol. The summed E-state index contributed by atoms with van der Waals surface area (Å²) in [5, 5.41) is 6.81. The molecule has 2 N–H and O–H groups in total. The third kappa shape index (κ3) is 7.52. The zero-order valence-electron chi connectivity index (χ0n) is 14.6. The van der Waals surface area contributed by atoms with Gasteiger partial charge in [-0.2, -0.15) is 0 Å². The smallest absolute Gasteiger partial charge is 0.191 e. The third-order valence-electron chi connectivity index (χ3n) is 4.11. The first kappa shape index (κ1) is 20.2. The number of halogens is 1. The number of hydrogen-bond acceptors (Lipinski definition) is 2. The second-order valence-electron chi connectivity index (χ2n) is 6.22. The fraction of sp³-hybridized carbons (Fsp3) is 0.611. The van der Waals surface area contributed by atoms with E-state index in [2.05, 4.69) is 64.7 Å². The van der Waals surface area contributed by atoms with Crippen LogP contribution in [0.3, 0.4) is 0 Å². The van der Waals surface area contributed by atoms with Gasteiger partial charge >= 0.3 is 0 Å². The Morgan fingerprint density at radius 2 is 1.83 bits per heavy atom. The summed E-state index contributed by atoms with van der Waals surface area (Å²) in [5.74, 6) is 0.899. The van der Waals surface area contributed by atoms with Crippen molar-refractivity contribution in [1.82, 2.24) is 15.5 Å². The summed E-state index contributed by atoms with van der Waals surface area (Å²) in [6.45, 7) is 7.50. The standard InChI is InChI=1S/C18H30N4.HI/c1-15(2)22(17-9-10-17)14-13-21-18(19-3)20-12-11-16-7-5-4-6-8-16;/h4-8,15,17H,9-14H2,1-3H3,(H2,19,20,21);1H. The van der Waals surface area contributed by atoms with Crippen LogP contribution in [0.25, 0.3) is 0 Å². The van der Waals surface area contributed by atoms with Crippen molar-refractivity contribution in [2.24, 2.45) is 4.99 Å². The first-order valence-electron chi connectivity index (χ1n) is 8.45. The summed E-state index contributed by atoms with van der Waals surface area (Å²) in [7, 11) is 1.83. The maximum Gasteiger partial charge on any atom is 0.191 e. The monoisotopic (exact) mass is 430 g/mol. The number of rotatable bonds is 8. The lowest BCUT2D eigenvalue weighted by molar-refractivity contribution is 0.215. The van der Waals surface area contributed by atoms with E-state index in [-0.39, 0.29) is 24.0 Å². The van der Waals surface area contributed by atoms with E-state index in [1.165, 1.54) is 18.4 Å². The van der Waals surface area contributed by atoms with Gasteiger partial charge in [0.05, 0.1) is 0 Å². The second-order valence-corrected chi connectivity index (χ2v) is 6.22. The minimum absolute atomic E-state index is 0. The van der Waals surface area contributed by atoms with Gasteiger partial charge in [0.25, 0.3) is 0 Å². The topological polar surface area (TPSA) is 39.7 Å². The zero-order chi connectivity index (χ0) is 15.8. The van der Waals surface area contributed by atoms with Gasteiger partial charge in [0.2, 0.25) is 0 Å². The van der Waals surface area contributed by atoms with Crippen LogP contribution in [0.1, 0.15) is 32.3 Å². The highest BCUT2D eigenvalue weighted by Gasteiger charge is 2.29. The van der Waals surface area contributed by atoms with Crippen molar-refractivity contribution in [1.29, 1.82) is 0 Å². The molecule has 0 radical (unpaired) electrons. The lowest BCUT2D eigenvalue weighted by Gasteiger charge is -2.26. The molecule has 0 bridgehead atoms. The Labute approximate surface area is 158 Å². The molecule has 1 saturated carbocycles. The highest BCUT2D eigenvalue weighted by atomic mass is 127. The molecule has 0 amide bonds. The van der Waals surface area contributed by atoms with E-state index in [4.69, 9.17) is 0 Å². The molecule has 1 fully saturated rings. The van der Waals surface area contributed by atoms with Crippen LogP contribution in [-0.2, 0) is 6.42 Å². The second kappa shape index (κ2) is 10.9. The Balaban J connectivity index is 0.00000264. The lowest BCUT2D eigenvalue weighted by Crippen LogP contribution is -2.44. The van der Waals surface area contributed by atoms with Gasteiger partial charge in [0, 0.05) is 38.8 Å². The average Bonchev–Trinajstić information content (AvgIpc) is 3.35. The quantitative estimate of drug-likeness (QED) is 0.379. The number of aliphatic imine (C=N–C) groups is 1. The zero-order valence-corrected chi connectivity index (χ0v) is 16.9. The third-order valence-corrected chi connectivity index (χ3v) is 4.11. The van der Waals surface area contributed by atoms with Gasteiger partial charge in [0.15, 0.2) is 5.96 Å². The van der Waals surface area contributed by atoms with E-state index in [0.717, 1.165) is 38.1 Å². The molecule has 0 heterocycles. The first-order chi connectivity index (χ1) is 10.7. The molecule has 0 spiro atoms. The number of guanidine groups is 1. The number of nitrogens with zero attached hydrogens (tertiary/aromatic N) is 2. The predicted molar refractivity (Wildman–Crippen MR) is 110 cm³/mol. The van der Waals surface area contributed by atoms with Crippen LogP contribution in [0, 0.1) is 0 Å². The minimum atomic E-state index is 0.